The van der Waals surface area contributed by atoms with Crippen LogP contribution in [0.5, 0.6) is 0 Å². The Bertz CT molecular complexity index is 3370. The number of benzene rings is 9. The summed E-state index contributed by atoms with van der Waals surface area (Å²) in [7, 11) is 0. The molecule has 0 aliphatic rings. The predicted molar refractivity (Wildman–Crippen MR) is 237 cm³/mol. The van der Waals surface area contributed by atoms with Crippen molar-refractivity contribution in [3.63, 3.8) is 0 Å². The lowest BCUT2D eigenvalue weighted by Crippen LogP contribution is -2.09. The molecule has 12 aromatic rings. The first kappa shape index (κ1) is 31.6. The normalized spacial score (nSPS) is 11.9. The van der Waals surface area contributed by atoms with Crippen molar-refractivity contribution in [3.8, 4) is 22.3 Å². The minimum Gasteiger partial charge on any atom is -0.456 e. The van der Waals surface area contributed by atoms with Crippen LogP contribution in [0.15, 0.2) is 203 Å². The summed E-state index contributed by atoms with van der Waals surface area (Å²) in [5.74, 6) is 0. The van der Waals surface area contributed by atoms with Gasteiger partial charge in [0.2, 0.25) is 0 Å². The van der Waals surface area contributed by atoms with Crippen molar-refractivity contribution in [2.24, 2.45) is 0 Å². The Kier molecular flexibility index (Phi) is 6.89. The van der Waals surface area contributed by atoms with Crippen LogP contribution in [0, 0.1) is 0 Å². The SMILES string of the molecule is c1ccc2ncc(-c3ccc(-c4ccc(N(c5ccc6c(c5)oc5ccc7ccccc7c56)c5ccc6c(c5)oc5ccc7ccccc7c56)cc4)cc3)cc2c1. The van der Waals surface area contributed by atoms with Gasteiger partial charge in [-0.15, -0.1) is 0 Å². The Labute approximate surface area is 327 Å². The van der Waals surface area contributed by atoms with Crippen molar-refractivity contribution in [1.82, 2.24) is 4.98 Å². The lowest BCUT2D eigenvalue weighted by Gasteiger charge is -2.25. The Balaban J connectivity index is 0.968. The van der Waals surface area contributed by atoms with Gasteiger partial charge >= 0.3 is 0 Å². The van der Waals surface area contributed by atoms with Crippen molar-refractivity contribution in [3.05, 3.63) is 194 Å². The zero-order valence-electron chi connectivity index (χ0n) is 30.7. The zero-order valence-corrected chi connectivity index (χ0v) is 30.7. The third kappa shape index (κ3) is 5.12. The van der Waals surface area contributed by atoms with E-state index in [1.54, 1.807) is 0 Å². The first-order valence-electron chi connectivity index (χ1n) is 19.3. The van der Waals surface area contributed by atoms with Gasteiger partial charge in [0, 0.05) is 67.9 Å². The van der Waals surface area contributed by atoms with Gasteiger partial charge < -0.3 is 13.7 Å². The Morgan fingerprint density at radius 3 is 1.39 bits per heavy atom. The third-order valence-electron chi connectivity index (χ3n) is 11.5. The summed E-state index contributed by atoms with van der Waals surface area (Å²) < 4.78 is 13.1. The average Bonchev–Trinajstić information content (AvgIpc) is 3.85. The van der Waals surface area contributed by atoms with Crippen LogP contribution in [0.3, 0.4) is 0 Å². The predicted octanol–water partition coefficient (Wildman–Crippen LogP) is 15.1. The number of pyridine rings is 1. The topological polar surface area (TPSA) is 42.4 Å². The van der Waals surface area contributed by atoms with E-state index < -0.39 is 0 Å². The van der Waals surface area contributed by atoms with Crippen LogP contribution in [0.25, 0.3) is 98.6 Å². The molecule has 0 saturated heterocycles. The van der Waals surface area contributed by atoms with E-state index >= 15 is 0 Å². The van der Waals surface area contributed by atoms with Crippen molar-refractivity contribution < 1.29 is 8.83 Å². The molecule has 0 radical (unpaired) electrons. The first-order valence-corrected chi connectivity index (χ1v) is 19.3. The molecule has 0 spiro atoms. The van der Waals surface area contributed by atoms with Crippen molar-refractivity contribution >= 4 is 93.4 Å². The maximum absolute atomic E-state index is 6.56. The number of rotatable bonds is 5. The molecule has 4 heteroatoms. The minimum atomic E-state index is 0.846. The molecule has 0 aliphatic carbocycles. The summed E-state index contributed by atoms with van der Waals surface area (Å²) >= 11 is 0. The van der Waals surface area contributed by atoms with Crippen LogP contribution in [-0.4, -0.2) is 4.98 Å². The monoisotopic (exact) mass is 728 g/mol. The summed E-state index contributed by atoms with van der Waals surface area (Å²) in [6.45, 7) is 0. The highest BCUT2D eigenvalue weighted by Crippen LogP contribution is 2.43. The third-order valence-corrected chi connectivity index (χ3v) is 11.5. The number of furan rings is 2. The van der Waals surface area contributed by atoms with Crippen LogP contribution >= 0.6 is 0 Å². The average molecular weight is 729 g/mol. The molecule has 0 fully saturated rings. The molecule has 0 atom stereocenters. The van der Waals surface area contributed by atoms with Gasteiger partial charge in [0.15, 0.2) is 0 Å². The minimum absolute atomic E-state index is 0.846. The lowest BCUT2D eigenvalue weighted by atomic mass is 10.00. The number of nitrogens with zero attached hydrogens (tertiary/aromatic N) is 2. The quantitative estimate of drug-likeness (QED) is 0.177. The van der Waals surface area contributed by atoms with Gasteiger partial charge in [-0.1, -0.05) is 115 Å². The molecule has 0 N–H and O–H groups in total. The Morgan fingerprint density at radius 1 is 0.333 bits per heavy atom. The fourth-order valence-electron chi connectivity index (χ4n) is 8.68. The summed E-state index contributed by atoms with van der Waals surface area (Å²) in [4.78, 5) is 6.96. The number of anilines is 3. The highest BCUT2D eigenvalue weighted by atomic mass is 16.3. The van der Waals surface area contributed by atoms with Gasteiger partial charge in [-0.2, -0.15) is 0 Å². The van der Waals surface area contributed by atoms with E-state index in [2.05, 4.69) is 186 Å². The van der Waals surface area contributed by atoms with Gasteiger partial charge in [0.25, 0.3) is 0 Å². The van der Waals surface area contributed by atoms with E-state index in [1.165, 1.54) is 21.5 Å². The maximum atomic E-state index is 6.56. The Morgan fingerprint density at radius 2 is 0.807 bits per heavy atom. The number of para-hydroxylation sites is 1. The molecule has 9 aromatic carbocycles. The lowest BCUT2D eigenvalue weighted by molar-refractivity contribution is 0.669. The fourth-order valence-corrected chi connectivity index (χ4v) is 8.68. The number of hydrogen-bond acceptors (Lipinski definition) is 4. The zero-order chi connectivity index (χ0) is 37.5. The second-order valence-electron chi connectivity index (χ2n) is 14.8. The molecule has 0 amide bonds. The smallest absolute Gasteiger partial charge is 0.137 e. The van der Waals surface area contributed by atoms with E-state index in [-0.39, 0.29) is 0 Å². The van der Waals surface area contributed by atoms with Crippen LogP contribution in [0.4, 0.5) is 17.1 Å². The van der Waals surface area contributed by atoms with E-state index in [1.807, 2.05) is 18.3 Å². The number of aromatic nitrogens is 1. The molecule has 12 rings (SSSR count). The van der Waals surface area contributed by atoms with Crippen molar-refractivity contribution in [1.29, 1.82) is 0 Å². The van der Waals surface area contributed by atoms with Crippen molar-refractivity contribution in [2.75, 3.05) is 4.90 Å². The first-order chi connectivity index (χ1) is 28.2. The summed E-state index contributed by atoms with van der Waals surface area (Å²) in [6.07, 6.45) is 1.95. The van der Waals surface area contributed by atoms with Gasteiger partial charge in [-0.3, -0.25) is 4.98 Å². The molecule has 0 aliphatic heterocycles. The van der Waals surface area contributed by atoms with E-state index in [9.17, 15) is 0 Å². The maximum Gasteiger partial charge on any atom is 0.137 e. The van der Waals surface area contributed by atoms with E-state index in [0.717, 1.165) is 94.1 Å². The summed E-state index contributed by atoms with van der Waals surface area (Å²) in [5, 5.41) is 10.4. The molecule has 3 heterocycles. The molecule has 266 valence electrons. The van der Waals surface area contributed by atoms with E-state index in [0.29, 0.717) is 0 Å². The fraction of sp³-hybridized carbons (Fsp3) is 0. The second kappa shape index (κ2) is 12.4. The highest BCUT2D eigenvalue weighted by molar-refractivity contribution is 6.20. The van der Waals surface area contributed by atoms with Gasteiger partial charge in [-0.05, 0) is 98.9 Å². The summed E-state index contributed by atoms with van der Waals surface area (Å²) in [5.41, 5.74) is 12.0. The molecule has 4 nitrogen and oxygen atoms in total. The standard InChI is InChI=1S/C53H32N2O2/c1-4-10-43-36(7-1)19-27-48-52(43)45-25-23-41(30-50(45)56-48)55(42-24-26-46-51(31-42)57-49-28-20-37-8-2-5-11-44(37)53(46)49)40-21-17-34(18-22-40)33-13-15-35(16-14-33)39-29-38-9-3-6-12-47(38)54-32-39/h1-32H. The van der Waals surface area contributed by atoms with Crippen LogP contribution < -0.4 is 4.90 Å². The van der Waals surface area contributed by atoms with Gasteiger partial charge in [0.05, 0.1) is 5.52 Å². The summed E-state index contributed by atoms with van der Waals surface area (Å²) in [6, 6.07) is 66.5. The molecule has 57 heavy (non-hydrogen) atoms. The molecule has 3 aromatic heterocycles. The highest BCUT2D eigenvalue weighted by Gasteiger charge is 2.19. The molecular formula is C53H32N2O2. The second-order valence-corrected chi connectivity index (χ2v) is 14.8. The van der Waals surface area contributed by atoms with Gasteiger partial charge in [0.1, 0.15) is 22.3 Å². The number of fused-ring (bicyclic) bond motifs is 11. The van der Waals surface area contributed by atoms with Gasteiger partial charge in [-0.25, -0.2) is 0 Å². The molecule has 0 saturated carbocycles. The largest absolute Gasteiger partial charge is 0.456 e. The van der Waals surface area contributed by atoms with E-state index in [4.69, 9.17) is 8.83 Å². The Hall–Kier alpha value is -7.69. The van der Waals surface area contributed by atoms with Crippen LogP contribution in [-0.2, 0) is 0 Å². The van der Waals surface area contributed by atoms with Crippen LogP contribution in [0.2, 0.25) is 0 Å². The van der Waals surface area contributed by atoms with Crippen LogP contribution in [0.1, 0.15) is 0 Å². The van der Waals surface area contributed by atoms with Crippen molar-refractivity contribution in [2.45, 2.75) is 0 Å². The molecule has 0 unspecified atom stereocenters. The number of hydrogen-bond donors (Lipinski definition) is 0. The molecular weight excluding hydrogens is 697 g/mol. The molecule has 0 bridgehead atoms.